The molecule has 1 radical (unpaired) electrons. The van der Waals surface area contributed by atoms with Crippen LogP contribution in [0.25, 0.3) is 0 Å². The second kappa shape index (κ2) is 5.53. The lowest BCUT2D eigenvalue weighted by molar-refractivity contribution is -0.274. The van der Waals surface area contributed by atoms with Gasteiger partial charge >= 0.3 is 6.36 Å². The third kappa shape index (κ3) is 4.17. The van der Waals surface area contributed by atoms with Crippen LogP contribution < -0.4 is 4.74 Å². The molecule has 99 valence electrons. The largest absolute Gasteiger partial charge is 0.573 e. The molecule has 0 bridgehead atoms. The maximum Gasteiger partial charge on any atom is 0.573 e. The maximum absolute atomic E-state index is 12.0. The molecule has 2 aromatic carbocycles. The normalized spacial score (nSPS) is 11.4. The molecule has 19 heavy (non-hydrogen) atoms. The van der Waals surface area contributed by atoms with Crippen LogP contribution in [0.3, 0.4) is 0 Å². The highest BCUT2D eigenvalue weighted by atomic mass is 35.5. The summed E-state index contributed by atoms with van der Waals surface area (Å²) in [5.41, 5.74) is 1.71. The summed E-state index contributed by atoms with van der Waals surface area (Å²) < 4.78 is 39.8. The Morgan fingerprint density at radius 2 is 1.79 bits per heavy atom. The van der Waals surface area contributed by atoms with E-state index in [2.05, 4.69) is 10.8 Å². The lowest BCUT2D eigenvalue weighted by Gasteiger charge is -2.09. The van der Waals surface area contributed by atoms with Crippen LogP contribution >= 0.6 is 11.6 Å². The smallest absolute Gasteiger partial charge is 0.406 e. The van der Waals surface area contributed by atoms with Gasteiger partial charge in [0.1, 0.15) is 5.75 Å². The maximum atomic E-state index is 12.0. The quantitative estimate of drug-likeness (QED) is 0.799. The van der Waals surface area contributed by atoms with Crippen LogP contribution in [0.4, 0.5) is 13.2 Å². The molecule has 0 amide bonds. The Kier molecular flexibility index (Phi) is 4.00. The van der Waals surface area contributed by atoms with E-state index >= 15 is 0 Å². The van der Waals surface area contributed by atoms with Gasteiger partial charge in [-0.1, -0.05) is 41.9 Å². The molecule has 0 saturated carbocycles. The highest BCUT2D eigenvalue weighted by molar-refractivity contribution is 6.31. The zero-order chi connectivity index (χ0) is 13.9. The van der Waals surface area contributed by atoms with Gasteiger partial charge < -0.3 is 4.74 Å². The van der Waals surface area contributed by atoms with Crippen molar-refractivity contribution in [3.05, 3.63) is 64.7 Å². The lowest BCUT2D eigenvalue weighted by Crippen LogP contribution is -2.17. The summed E-state index contributed by atoms with van der Waals surface area (Å²) in [6, 6.07) is 13.9. The molecule has 2 aromatic rings. The summed E-state index contributed by atoms with van der Waals surface area (Å²) in [7, 11) is 0. The molecule has 0 aliphatic heterocycles. The van der Waals surface area contributed by atoms with Crippen molar-refractivity contribution in [2.45, 2.75) is 12.8 Å². The van der Waals surface area contributed by atoms with Crippen LogP contribution in [0, 0.1) is 6.07 Å². The van der Waals surface area contributed by atoms with Gasteiger partial charge in [-0.2, -0.15) is 0 Å². The number of alkyl halides is 3. The Bertz CT molecular complexity index is 549. The molecule has 0 spiro atoms. The van der Waals surface area contributed by atoms with E-state index in [-0.39, 0.29) is 5.75 Å². The topological polar surface area (TPSA) is 9.23 Å². The minimum atomic E-state index is -4.67. The van der Waals surface area contributed by atoms with E-state index in [0.29, 0.717) is 11.4 Å². The number of hydrogen-bond acceptors (Lipinski definition) is 1. The number of rotatable bonds is 3. The molecule has 0 saturated heterocycles. The monoisotopic (exact) mass is 285 g/mol. The molecule has 0 N–H and O–H groups in total. The van der Waals surface area contributed by atoms with Gasteiger partial charge in [0, 0.05) is 6.07 Å². The van der Waals surface area contributed by atoms with Gasteiger partial charge in [-0.15, -0.1) is 13.2 Å². The molecule has 5 heteroatoms. The first-order valence-electron chi connectivity index (χ1n) is 5.44. The minimum Gasteiger partial charge on any atom is -0.406 e. The number of ether oxygens (including phenoxy) is 1. The molecule has 0 heterocycles. The van der Waals surface area contributed by atoms with Gasteiger partial charge in [0.05, 0.1) is 5.02 Å². The van der Waals surface area contributed by atoms with Gasteiger partial charge in [-0.05, 0) is 29.7 Å². The Labute approximate surface area is 113 Å². The molecule has 1 nitrogen and oxygen atoms in total. The zero-order valence-corrected chi connectivity index (χ0v) is 10.4. The van der Waals surface area contributed by atoms with Crippen LogP contribution in [-0.4, -0.2) is 6.36 Å². The summed E-state index contributed by atoms with van der Waals surface area (Å²) in [6.45, 7) is 0. The molecule has 0 unspecified atom stereocenters. The third-order valence-corrected chi connectivity index (χ3v) is 2.79. The minimum absolute atomic E-state index is 0.234. The Hall–Kier alpha value is -1.68. The third-order valence-electron chi connectivity index (χ3n) is 2.44. The van der Waals surface area contributed by atoms with Gasteiger partial charge in [0.25, 0.3) is 0 Å². The predicted octanol–water partition coefficient (Wildman–Crippen LogP) is 4.63. The highest BCUT2D eigenvalue weighted by Crippen LogP contribution is 2.24. The Morgan fingerprint density at radius 3 is 2.37 bits per heavy atom. The van der Waals surface area contributed by atoms with E-state index < -0.39 is 6.36 Å². The summed E-state index contributed by atoms with van der Waals surface area (Å²) in [4.78, 5) is 0. The average Bonchev–Trinajstić information content (AvgIpc) is 2.33. The number of halogens is 4. The Balaban J connectivity index is 2.09. The molecular weight excluding hydrogens is 277 g/mol. The summed E-state index contributed by atoms with van der Waals surface area (Å²) in [5, 5.41) is 0.512. The van der Waals surface area contributed by atoms with Gasteiger partial charge in [-0.3, -0.25) is 0 Å². The van der Waals surface area contributed by atoms with Crippen molar-refractivity contribution in [2.24, 2.45) is 0 Å². The lowest BCUT2D eigenvalue weighted by atomic mass is 10.1. The van der Waals surface area contributed by atoms with Gasteiger partial charge in [-0.25, -0.2) is 0 Å². The van der Waals surface area contributed by atoms with Crippen molar-refractivity contribution in [1.82, 2.24) is 0 Å². The fraction of sp³-hybridized carbons (Fsp3) is 0.143. The number of benzene rings is 2. The standard InChI is InChI=1S/C14H9ClF3O/c15-13-4-2-1-3-11(13)9-10-5-7-12(8-6-10)19-14(16,17)18/h1-3,5-8H,9H2. The summed E-state index contributed by atoms with van der Waals surface area (Å²) in [5.74, 6) is -0.234. The van der Waals surface area contributed by atoms with E-state index in [1.54, 1.807) is 18.2 Å². The van der Waals surface area contributed by atoms with Crippen LogP contribution in [0.2, 0.25) is 5.02 Å². The van der Waals surface area contributed by atoms with E-state index in [1.165, 1.54) is 12.1 Å². The summed E-state index contributed by atoms with van der Waals surface area (Å²) >= 11 is 5.96. The van der Waals surface area contributed by atoms with Crippen molar-refractivity contribution >= 4 is 11.6 Å². The first kappa shape index (κ1) is 13.7. The van der Waals surface area contributed by atoms with Crippen molar-refractivity contribution < 1.29 is 17.9 Å². The fourth-order valence-electron chi connectivity index (χ4n) is 1.62. The van der Waals surface area contributed by atoms with E-state index in [9.17, 15) is 13.2 Å². The predicted molar refractivity (Wildman–Crippen MR) is 66.2 cm³/mol. The highest BCUT2D eigenvalue weighted by Gasteiger charge is 2.30. The second-order valence-corrected chi connectivity index (χ2v) is 4.26. The van der Waals surface area contributed by atoms with Gasteiger partial charge in [0.15, 0.2) is 0 Å². The SMILES string of the molecule is FC(F)(F)Oc1ccc(Cc2ccc[c]c2Cl)cc1. The molecule has 0 atom stereocenters. The molecule has 2 rings (SSSR count). The van der Waals surface area contributed by atoms with Crippen molar-refractivity contribution in [1.29, 1.82) is 0 Å². The van der Waals surface area contributed by atoms with Crippen molar-refractivity contribution in [3.8, 4) is 5.75 Å². The first-order valence-corrected chi connectivity index (χ1v) is 5.81. The zero-order valence-electron chi connectivity index (χ0n) is 9.67. The Morgan fingerprint density at radius 1 is 1.11 bits per heavy atom. The molecular formula is C14H9ClF3O. The average molecular weight is 286 g/mol. The van der Waals surface area contributed by atoms with E-state index in [0.717, 1.165) is 11.1 Å². The van der Waals surface area contributed by atoms with Crippen molar-refractivity contribution in [2.75, 3.05) is 0 Å². The second-order valence-electron chi connectivity index (χ2n) is 3.88. The van der Waals surface area contributed by atoms with E-state index in [4.69, 9.17) is 11.6 Å². The van der Waals surface area contributed by atoms with Gasteiger partial charge in [0.2, 0.25) is 0 Å². The molecule has 0 fully saturated rings. The molecule has 0 aliphatic carbocycles. The van der Waals surface area contributed by atoms with Crippen molar-refractivity contribution in [3.63, 3.8) is 0 Å². The molecule has 0 aromatic heterocycles. The van der Waals surface area contributed by atoms with Crippen LogP contribution in [0.15, 0.2) is 42.5 Å². The number of hydrogen-bond donors (Lipinski definition) is 0. The first-order chi connectivity index (χ1) is 8.94. The summed E-state index contributed by atoms with van der Waals surface area (Å²) in [6.07, 6.45) is -4.14. The molecule has 0 aliphatic rings. The van der Waals surface area contributed by atoms with E-state index in [1.807, 2.05) is 12.1 Å². The van der Waals surface area contributed by atoms with Crippen LogP contribution in [0.1, 0.15) is 11.1 Å². The fourth-order valence-corrected chi connectivity index (χ4v) is 1.81. The van der Waals surface area contributed by atoms with Crippen LogP contribution in [-0.2, 0) is 6.42 Å². The van der Waals surface area contributed by atoms with Crippen LogP contribution in [0.5, 0.6) is 5.75 Å².